The Morgan fingerprint density at radius 3 is 1.91 bits per heavy atom. The molecule has 0 unspecified atom stereocenters. The van der Waals surface area contributed by atoms with E-state index >= 15 is 0 Å². The molecule has 0 heterocycles. The van der Waals surface area contributed by atoms with E-state index in [4.69, 9.17) is 0 Å². The molecule has 0 radical (unpaired) electrons. The minimum absolute atomic E-state index is 0.852. The lowest BCUT2D eigenvalue weighted by atomic mass is 10.0. The summed E-state index contributed by atoms with van der Waals surface area (Å²) in [6.45, 7) is 0. The van der Waals surface area contributed by atoms with E-state index in [1.807, 2.05) is 84.9 Å². The third-order valence-corrected chi connectivity index (χ3v) is 3.86. The molecule has 0 saturated carbocycles. The Labute approximate surface area is 144 Å². The zero-order valence-electron chi connectivity index (χ0n) is 12.4. The van der Waals surface area contributed by atoms with Crippen LogP contribution in [0, 0.1) is 0 Å². The Balaban J connectivity index is 1.97. The van der Waals surface area contributed by atoms with Crippen LogP contribution in [0.5, 0.6) is 0 Å². The van der Waals surface area contributed by atoms with E-state index in [1.165, 1.54) is 0 Å². The van der Waals surface area contributed by atoms with Gasteiger partial charge in [-0.15, -0.1) is 5.10 Å². The summed E-state index contributed by atoms with van der Waals surface area (Å²) < 4.78 is 1.04. The van der Waals surface area contributed by atoms with Crippen molar-refractivity contribution < 1.29 is 0 Å². The van der Waals surface area contributed by atoms with E-state index in [-0.39, 0.29) is 0 Å². The highest BCUT2D eigenvalue weighted by Crippen LogP contribution is 2.15. The highest BCUT2D eigenvalue weighted by Gasteiger charge is 2.06. The summed E-state index contributed by atoms with van der Waals surface area (Å²) in [5, 5.41) is 8.73. The van der Waals surface area contributed by atoms with Gasteiger partial charge in [0.1, 0.15) is 5.71 Å². The third kappa shape index (κ3) is 4.24. The molecule has 0 aromatic heterocycles. The molecule has 23 heavy (non-hydrogen) atoms. The molecule has 3 aromatic rings. The van der Waals surface area contributed by atoms with Crippen LogP contribution in [0.15, 0.2) is 99.6 Å². The number of benzene rings is 3. The summed E-state index contributed by atoms with van der Waals surface area (Å²) in [5.74, 6) is 0. The Bertz CT molecular complexity index is 807. The molecular weight excluding hydrogens is 348 g/mol. The second-order valence-corrected chi connectivity index (χ2v) is 5.89. The topological polar surface area (TPSA) is 24.7 Å². The number of halogens is 1. The minimum Gasteiger partial charge on any atom is -0.158 e. The van der Waals surface area contributed by atoms with Crippen LogP contribution in [0.4, 0.5) is 0 Å². The van der Waals surface area contributed by atoms with E-state index in [2.05, 4.69) is 26.1 Å². The van der Waals surface area contributed by atoms with Crippen molar-refractivity contribution in [3.05, 3.63) is 106 Å². The Kier molecular flexibility index (Phi) is 5.12. The molecule has 0 amide bonds. The second kappa shape index (κ2) is 7.65. The fraction of sp³-hybridized carbons (Fsp3) is 0. The van der Waals surface area contributed by atoms with Gasteiger partial charge in [0.05, 0.1) is 6.21 Å². The SMILES string of the molecule is Brc1ccc(/C(=N/N=C\c2ccccc2)c2ccccc2)cc1. The maximum Gasteiger partial charge on any atom is 0.100 e. The van der Waals surface area contributed by atoms with Crippen molar-refractivity contribution >= 4 is 27.9 Å². The molecule has 0 atom stereocenters. The lowest BCUT2D eigenvalue weighted by Gasteiger charge is -2.05. The molecule has 0 N–H and O–H groups in total. The highest BCUT2D eigenvalue weighted by molar-refractivity contribution is 9.10. The van der Waals surface area contributed by atoms with Crippen LogP contribution >= 0.6 is 15.9 Å². The summed E-state index contributed by atoms with van der Waals surface area (Å²) in [7, 11) is 0. The zero-order valence-corrected chi connectivity index (χ0v) is 14.0. The molecule has 3 heteroatoms. The van der Waals surface area contributed by atoms with Crippen LogP contribution in [-0.4, -0.2) is 11.9 Å². The summed E-state index contributed by atoms with van der Waals surface area (Å²) in [6.07, 6.45) is 1.77. The molecule has 3 rings (SSSR count). The number of hydrogen-bond acceptors (Lipinski definition) is 2. The highest BCUT2D eigenvalue weighted by atomic mass is 79.9. The Morgan fingerprint density at radius 2 is 1.26 bits per heavy atom. The lowest BCUT2D eigenvalue weighted by Crippen LogP contribution is -2.02. The third-order valence-electron chi connectivity index (χ3n) is 3.33. The maximum atomic E-state index is 4.46. The number of rotatable bonds is 4. The van der Waals surface area contributed by atoms with Gasteiger partial charge in [-0.2, -0.15) is 5.10 Å². The van der Waals surface area contributed by atoms with Gasteiger partial charge in [-0.05, 0) is 17.7 Å². The summed E-state index contributed by atoms with van der Waals surface area (Å²) in [6, 6.07) is 28.1. The average Bonchev–Trinajstić information content (AvgIpc) is 2.61. The van der Waals surface area contributed by atoms with Crippen LogP contribution in [-0.2, 0) is 0 Å². The summed E-state index contributed by atoms with van der Waals surface area (Å²) in [4.78, 5) is 0. The van der Waals surface area contributed by atoms with Gasteiger partial charge in [-0.3, -0.25) is 0 Å². The van der Waals surface area contributed by atoms with Crippen LogP contribution in [0.3, 0.4) is 0 Å². The van der Waals surface area contributed by atoms with Gasteiger partial charge in [-0.1, -0.05) is 88.7 Å². The van der Waals surface area contributed by atoms with Gasteiger partial charge in [0.25, 0.3) is 0 Å². The molecule has 2 nitrogen and oxygen atoms in total. The van der Waals surface area contributed by atoms with E-state index in [0.717, 1.165) is 26.9 Å². The first-order valence-corrected chi connectivity index (χ1v) is 8.10. The van der Waals surface area contributed by atoms with Gasteiger partial charge >= 0.3 is 0 Å². The first-order valence-electron chi connectivity index (χ1n) is 7.30. The van der Waals surface area contributed by atoms with Crippen molar-refractivity contribution in [1.82, 2.24) is 0 Å². The van der Waals surface area contributed by atoms with E-state index in [0.29, 0.717) is 0 Å². The number of hydrogen-bond donors (Lipinski definition) is 0. The van der Waals surface area contributed by atoms with Gasteiger partial charge in [0, 0.05) is 15.6 Å². The van der Waals surface area contributed by atoms with Gasteiger partial charge < -0.3 is 0 Å². The Morgan fingerprint density at radius 1 is 0.696 bits per heavy atom. The van der Waals surface area contributed by atoms with Crippen molar-refractivity contribution in [1.29, 1.82) is 0 Å². The predicted octanol–water partition coefficient (Wildman–Crippen LogP) is 5.32. The van der Waals surface area contributed by atoms with Crippen molar-refractivity contribution in [2.45, 2.75) is 0 Å². The van der Waals surface area contributed by atoms with Gasteiger partial charge in [0.15, 0.2) is 0 Å². The zero-order chi connectivity index (χ0) is 15.9. The monoisotopic (exact) mass is 362 g/mol. The fourth-order valence-electron chi connectivity index (χ4n) is 2.18. The molecule has 0 aliphatic carbocycles. The molecule has 0 fully saturated rings. The smallest absolute Gasteiger partial charge is 0.100 e. The largest absolute Gasteiger partial charge is 0.158 e. The van der Waals surface area contributed by atoms with Crippen LogP contribution in [0.1, 0.15) is 16.7 Å². The van der Waals surface area contributed by atoms with E-state index in [1.54, 1.807) is 6.21 Å². The standard InChI is InChI=1S/C20H15BrN2/c21-19-13-11-18(12-14-19)20(17-9-5-2-6-10-17)23-22-15-16-7-3-1-4-8-16/h1-15H/b22-15-,23-20+. The fourth-order valence-corrected chi connectivity index (χ4v) is 2.44. The minimum atomic E-state index is 0.852. The van der Waals surface area contributed by atoms with Gasteiger partial charge in [-0.25, -0.2) is 0 Å². The Hall–Kier alpha value is -2.52. The molecule has 0 bridgehead atoms. The van der Waals surface area contributed by atoms with Gasteiger partial charge in [0.2, 0.25) is 0 Å². The molecule has 0 aliphatic heterocycles. The van der Waals surface area contributed by atoms with Crippen molar-refractivity contribution in [3.63, 3.8) is 0 Å². The molecule has 0 aliphatic rings. The molecule has 0 saturated heterocycles. The van der Waals surface area contributed by atoms with Crippen LogP contribution < -0.4 is 0 Å². The first kappa shape index (κ1) is 15.4. The van der Waals surface area contributed by atoms with Crippen molar-refractivity contribution in [3.8, 4) is 0 Å². The summed E-state index contributed by atoms with van der Waals surface area (Å²) in [5.41, 5.74) is 3.95. The van der Waals surface area contributed by atoms with Crippen LogP contribution in [0.25, 0.3) is 0 Å². The number of nitrogens with zero attached hydrogens (tertiary/aromatic N) is 2. The first-order chi connectivity index (χ1) is 11.3. The maximum absolute atomic E-state index is 4.46. The van der Waals surface area contributed by atoms with E-state index in [9.17, 15) is 0 Å². The summed E-state index contributed by atoms with van der Waals surface area (Å²) >= 11 is 3.46. The molecule has 0 spiro atoms. The molecule has 112 valence electrons. The lowest BCUT2D eigenvalue weighted by molar-refractivity contribution is 1.24. The normalized spacial score (nSPS) is 11.8. The molecule has 3 aromatic carbocycles. The predicted molar refractivity (Wildman–Crippen MR) is 100 cm³/mol. The van der Waals surface area contributed by atoms with Crippen molar-refractivity contribution in [2.75, 3.05) is 0 Å². The average molecular weight is 363 g/mol. The van der Waals surface area contributed by atoms with E-state index < -0.39 is 0 Å². The van der Waals surface area contributed by atoms with Crippen molar-refractivity contribution in [2.24, 2.45) is 10.2 Å². The quantitative estimate of drug-likeness (QED) is 0.443. The second-order valence-electron chi connectivity index (χ2n) is 4.98. The van der Waals surface area contributed by atoms with Crippen LogP contribution in [0.2, 0.25) is 0 Å². The molecular formula is C20H15BrN2.